The van der Waals surface area contributed by atoms with Crippen molar-refractivity contribution in [3.8, 4) is 0 Å². The van der Waals surface area contributed by atoms with Crippen LogP contribution in [0.5, 0.6) is 0 Å². The number of nitrogens with zero attached hydrogens (tertiary/aromatic N) is 4. The highest BCUT2D eigenvalue weighted by molar-refractivity contribution is 6.32. The molecule has 1 aliphatic rings. The SMILES string of the molecule is C[C@H]1CNC[C@@H]1N(C)C(=O)c1c(Cl)nc(CNc2n[nH]c3cc(Cl)c(C(C)(C)C)cc23)n1C. The molecule has 3 aromatic rings. The van der Waals surface area contributed by atoms with Gasteiger partial charge in [-0.2, -0.15) is 5.10 Å². The predicted molar refractivity (Wildman–Crippen MR) is 133 cm³/mol. The van der Waals surface area contributed by atoms with E-state index in [2.05, 4.69) is 59.6 Å². The minimum atomic E-state index is -0.128. The minimum absolute atomic E-state index is 0.0966. The second-order valence-electron chi connectivity index (χ2n) is 9.90. The van der Waals surface area contributed by atoms with Crippen LogP contribution in [-0.4, -0.2) is 56.7 Å². The summed E-state index contributed by atoms with van der Waals surface area (Å²) in [5, 5.41) is 16.0. The maximum absolute atomic E-state index is 13.2. The number of fused-ring (bicyclic) bond motifs is 1. The lowest BCUT2D eigenvalue weighted by molar-refractivity contribution is 0.0706. The van der Waals surface area contributed by atoms with Crippen LogP contribution in [0.15, 0.2) is 12.1 Å². The van der Waals surface area contributed by atoms with E-state index in [9.17, 15) is 4.79 Å². The molecular formula is C23H31Cl2N7O. The summed E-state index contributed by atoms with van der Waals surface area (Å²) in [5.74, 6) is 1.60. The van der Waals surface area contributed by atoms with Crippen LogP contribution in [0, 0.1) is 5.92 Å². The Bertz CT molecular complexity index is 1190. The molecule has 0 saturated carbocycles. The van der Waals surface area contributed by atoms with Gasteiger partial charge in [0, 0.05) is 37.1 Å². The smallest absolute Gasteiger partial charge is 0.273 e. The summed E-state index contributed by atoms with van der Waals surface area (Å²) >= 11 is 12.9. The van der Waals surface area contributed by atoms with Gasteiger partial charge < -0.3 is 20.1 Å². The van der Waals surface area contributed by atoms with Gasteiger partial charge in [0.05, 0.1) is 12.1 Å². The number of carbonyl (C=O) groups excluding carboxylic acids is 1. The molecule has 33 heavy (non-hydrogen) atoms. The monoisotopic (exact) mass is 491 g/mol. The molecule has 2 aromatic heterocycles. The van der Waals surface area contributed by atoms with Crippen molar-refractivity contribution < 1.29 is 4.79 Å². The molecule has 3 heterocycles. The van der Waals surface area contributed by atoms with Crippen LogP contribution in [-0.2, 0) is 19.0 Å². The van der Waals surface area contributed by atoms with Gasteiger partial charge in [0.1, 0.15) is 11.5 Å². The van der Waals surface area contributed by atoms with Gasteiger partial charge in [-0.05, 0) is 35.6 Å². The molecule has 2 atom stereocenters. The number of aromatic nitrogens is 4. The lowest BCUT2D eigenvalue weighted by atomic mass is 9.86. The second kappa shape index (κ2) is 8.81. The molecule has 4 rings (SSSR count). The molecule has 8 nitrogen and oxygen atoms in total. The number of hydrogen-bond donors (Lipinski definition) is 3. The molecule has 10 heteroatoms. The Labute approximate surface area is 204 Å². The predicted octanol–water partition coefficient (Wildman–Crippen LogP) is 4.19. The quantitative estimate of drug-likeness (QED) is 0.497. The molecule has 3 N–H and O–H groups in total. The summed E-state index contributed by atoms with van der Waals surface area (Å²) in [5.41, 5.74) is 2.20. The first-order valence-corrected chi connectivity index (χ1v) is 11.9. The molecule has 0 spiro atoms. The van der Waals surface area contributed by atoms with Gasteiger partial charge in [-0.1, -0.05) is 50.9 Å². The molecule has 1 aliphatic heterocycles. The van der Waals surface area contributed by atoms with Crippen molar-refractivity contribution in [2.75, 3.05) is 25.5 Å². The Morgan fingerprint density at radius 2 is 2.03 bits per heavy atom. The summed E-state index contributed by atoms with van der Waals surface area (Å²) in [7, 11) is 3.64. The first-order valence-electron chi connectivity index (χ1n) is 11.1. The van der Waals surface area contributed by atoms with Crippen LogP contribution in [0.3, 0.4) is 0 Å². The summed E-state index contributed by atoms with van der Waals surface area (Å²) in [6.07, 6.45) is 0. The summed E-state index contributed by atoms with van der Waals surface area (Å²) in [6, 6.07) is 4.10. The first-order chi connectivity index (χ1) is 15.5. The maximum Gasteiger partial charge on any atom is 0.273 e. The van der Waals surface area contributed by atoms with Crippen LogP contribution in [0.1, 0.15) is 49.6 Å². The maximum atomic E-state index is 13.2. The van der Waals surface area contributed by atoms with Crippen LogP contribution >= 0.6 is 23.2 Å². The van der Waals surface area contributed by atoms with E-state index in [1.54, 1.807) is 9.47 Å². The topological polar surface area (TPSA) is 90.9 Å². The van der Waals surface area contributed by atoms with Crippen LogP contribution < -0.4 is 10.6 Å². The van der Waals surface area contributed by atoms with Gasteiger partial charge in [-0.25, -0.2) is 4.98 Å². The Balaban J connectivity index is 1.56. The zero-order chi connectivity index (χ0) is 24.1. The van der Waals surface area contributed by atoms with Crippen molar-refractivity contribution in [2.45, 2.75) is 45.7 Å². The summed E-state index contributed by atoms with van der Waals surface area (Å²) in [6.45, 7) is 10.6. The van der Waals surface area contributed by atoms with Crippen molar-refractivity contribution in [3.05, 3.63) is 39.4 Å². The van der Waals surface area contributed by atoms with E-state index in [-0.39, 0.29) is 22.5 Å². The highest BCUT2D eigenvalue weighted by atomic mass is 35.5. The molecule has 1 amide bonds. The van der Waals surface area contributed by atoms with Gasteiger partial charge in [-0.3, -0.25) is 9.89 Å². The average molecular weight is 492 g/mol. The van der Waals surface area contributed by atoms with Gasteiger partial charge in [0.2, 0.25) is 0 Å². The third-order valence-corrected chi connectivity index (χ3v) is 7.09. The minimum Gasteiger partial charge on any atom is -0.361 e. The summed E-state index contributed by atoms with van der Waals surface area (Å²) < 4.78 is 1.76. The van der Waals surface area contributed by atoms with E-state index >= 15 is 0 Å². The number of likely N-dealkylation sites (N-methyl/N-ethyl adjacent to an activating group) is 1. The fourth-order valence-electron chi connectivity index (χ4n) is 4.44. The fraction of sp³-hybridized carbons (Fsp3) is 0.522. The highest BCUT2D eigenvalue weighted by Crippen LogP contribution is 2.34. The molecule has 0 unspecified atom stereocenters. The number of hydrogen-bond acceptors (Lipinski definition) is 5. The van der Waals surface area contributed by atoms with E-state index in [1.165, 1.54) is 0 Å². The first kappa shape index (κ1) is 23.9. The average Bonchev–Trinajstić information content (AvgIpc) is 3.41. The lowest BCUT2D eigenvalue weighted by Crippen LogP contribution is -2.42. The number of nitrogens with one attached hydrogen (secondary N) is 3. The van der Waals surface area contributed by atoms with Crippen molar-refractivity contribution in [3.63, 3.8) is 0 Å². The van der Waals surface area contributed by atoms with Gasteiger partial charge in [0.15, 0.2) is 11.0 Å². The van der Waals surface area contributed by atoms with Gasteiger partial charge in [0.25, 0.3) is 5.91 Å². The molecule has 0 bridgehead atoms. The number of benzene rings is 1. The van der Waals surface area contributed by atoms with Crippen molar-refractivity contribution in [1.82, 2.24) is 30.0 Å². The second-order valence-corrected chi connectivity index (χ2v) is 10.7. The van der Waals surface area contributed by atoms with Crippen molar-refractivity contribution in [1.29, 1.82) is 0 Å². The number of rotatable bonds is 5. The van der Waals surface area contributed by atoms with Crippen LogP contribution in [0.4, 0.5) is 5.82 Å². The van der Waals surface area contributed by atoms with E-state index in [0.717, 1.165) is 29.6 Å². The normalized spacial score (nSPS) is 18.8. The van der Waals surface area contributed by atoms with Crippen LogP contribution in [0.2, 0.25) is 10.2 Å². The Morgan fingerprint density at radius 3 is 2.67 bits per heavy atom. The van der Waals surface area contributed by atoms with Crippen molar-refractivity contribution >= 4 is 45.8 Å². The van der Waals surface area contributed by atoms with Gasteiger partial charge in [-0.15, -0.1) is 0 Å². The highest BCUT2D eigenvalue weighted by Gasteiger charge is 2.32. The number of aromatic amines is 1. The number of carbonyl (C=O) groups is 1. The number of amides is 1. The Kier molecular flexibility index (Phi) is 6.37. The van der Waals surface area contributed by atoms with Crippen LogP contribution in [0.25, 0.3) is 10.9 Å². The van der Waals surface area contributed by atoms with E-state index in [0.29, 0.717) is 34.8 Å². The lowest BCUT2D eigenvalue weighted by Gasteiger charge is -2.27. The van der Waals surface area contributed by atoms with E-state index in [1.807, 2.05) is 20.2 Å². The Hall–Kier alpha value is -2.29. The standard InChI is InChI=1S/C23H31Cl2N7O/c1-12-9-26-10-17(12)31(5)22(33)19-20(25)28-18(32(19)6)11-27-21-13-7-14(23(2,3)4)15(24)8-16(13)29-30-21/h7-8,12,17,26H,9-11H2,1-6H3,(H2,27,29,30)/t12-,17-/m0/s1. The largest absolute Gasteiger partial charge is 0.361 e. The molecule has 1 fully saturated rings. The van der Waals surface area contributed by atoms with Crippen molar-refractivity contribution in [2.24, 2.45) is 13.0 Å². The van der Waals surface area contributed by atoms with E-state index < -0.39 is 0 Å². The van der Waals surface area contributed by atoms with Gasteiger partial charge >= 0.3 is 0 Å². The molecule has 0 aliphatic carbocycles. The summed E-state index contributed by atoms with van der Waals surface area (Å²) in [4.78, 5) is 19.4. The molecule has 1 aromatic carbocycles. The molecule has 0 radical (unpaired) electrons. The molecule has 1 saturated heterocycles. The third kappa shape index (κ3) is 4.44. The number of imidazole rings is 1. The number of halogens is 2. The zero-order valence-corrected chi connectivity index (χ0v) is 21.4. The molecular weight excluding hydrogens is 461 g/mol. The number of H-pyrrole nitrogens is 1. The Morgan fingerprint density at radius 1 is 1.30 bits per heavy atom. The fourth-order valence-corrected chi connectivity index (χ4v) is 5.19. The van der Waals surface area contributed by atoms with E-state index in [4.69, 9.17) is 23.2 Å². The zero-order valence-electron chi connectivity index (χ0n) is 19.9. The third-order valence-electron chi connectivity index (χ3n) is 6.51. The number of anilines is 1. The molecule has 178 valence electrons.